The molecule has 1 fully saturated rings. The molecule has 126 valence electrons. The summed E-state index contributed by atoms with van der Waals surface area (Å²) in [6.45, 7) is 3.08. The molecule has 2 aliphatic heterocycles. The van der Waals surface area contributed by atoms with E-state index in [9.17, 15) is 0 Å². The van der Waals surface area contributed by atoms with Gasteiger partial charge in [0.2, 0.25) is 5.95 Å². The second kappa shape index (κ2) is 5.86. The molecule has 0 atom stereocenters. The van der Waals surface area contributed by atoms with E-state index in [-0.39, 0.29) is 11.4 Å². The number of nitrogens with two attached hydrogens (primary N) is 1. The molecule has 0 radical (unpaired) electrons. The van der Waals surface area contributed by atoms with Crippen LogP contribution in [0.3, 0.4) is 0 Å². The summed E-state index contributed by atoms with van der Waals surface area (Å²) in [4.78, 5) is 13.0. The molecule has 2 aromatic rings. The quantitative estimate of drug-likeness (QED) is 0.781. The Morgan fingerprint density at radius 1 is 1.29 bits per heavy atom. The minimum atomic E-state index is 0.144. The molecule has 2 aliphatic rings. The number of hydrogen-bond acceptors (Lipinski definition) is 5. The predicted octanol–water partition coefficient (Wildman–Crippen LogP) is 3.59. The first kappa shape index (κ1) is 16.1. The lowest BCUT2D eigenvalue weighted by Gasteiger charge is -2.38. The van der Waals surface area contributed by atoms with E-state index in [4.69, 9.17) is 17.3 Å². The van der Waals surface area contributed by atoms with Crippen LogP contribution in [0.2, 0.25) is 5.02 Å². The first-order chi connectivity index (χ1) is 11.5. The Morgan fingerprint density at radius 2 is 2.04 bits per heavy atom. The van der Waals surface area contributed by atoms with Crippen LogP contribution in [0.15, 0.2) is 28.9 Å². The molecule has 1 saturated heterocycles. The summed E-state index contributed by atoms with van der Waals surface area (Å²) in [7, 11) is 2.18. The summed E-state index contributed by atoms with van der Waals surface area (Å²) in [5.74, 6) is 0.939. The summed E-state index contributed by atoms with van der Waals surface area (Å²) < 4.78 is 1.05. The topological polar surface area (TPSA) is 58.3 Å². The van der Waals surface area contributed by atoms with Gasteiger partial charge in [0, 0.05) is 22.1 Å². The lowest BCUT2D eigenvalue weighted by molar-refractivity contribution is 0.198. The fourth-order valence-electron chi connectivity index (χ4n) is 3.87. The number of halogens is 2. The summed E-state index contributed by atoms with van der Waals surface area (Å²) in [6, 6.07) is 6.51. The van der Waals surface area contributed by atoms with Gasteiger partial charge in [-0.1, -0.05) is 33.6 Å². The van der Waals surface area contributed by atoms with Crippen LogP contribution < -0.4 is 10.6 Å². The summed E-state index contributed by atoms with van der Waals surface area (Å²) in [5.41, 5.74) is 8.50. The van der Waals surface area contributed by atoms with Crippen molar-refractivity contribution in [3.63, 3.8) is 0 Å². The van der Waals surface area contributed by atoms with Gasteiger partial charge in [0.05, 0.1) is 6.20 Å². The van der Waals surface area contributed by atoms with Crippen LogP contribution in [0.1, 0.15) is 18.4 Å². The van der Waals surface area contributed by atoms with Gasteiger partial charge in [0.15, 0.2) is 5.82 Å². The van der Waals surface area contributed by atoms with E-state index in [2.05, 4.69) is 60.9 Å². The standard InChI is InChI=1S/C17H19BrClN5/c1-23-6-4-17(5-7-23)10-24(14-8-11(18)2-3-12(14)17)15-13(19)9-21-16(20)22-15/h2-3,8-9H,4-7,10H2,1H3,(H2,20,21,22). The smallest absolute Gasteiger partial charge is 0.222 e. The van der Waals surface area contributed by atoms with E-state index in [1.54, 1.807) is 6.20 Å². The van der Waals surface area contributed by atoms with E-state index in [1.807, 2.05) is 0 Å². The number of piperidine rings is 1. The number of rotatable bonds is 1. The van der Waals surface area contributed by atoms with Crippen LogP contribution in [-0.2, 0) is 5.41 Å². The van der Waals surface area contributed by atoms with Gasteiger partial charge in [-0.05, 0) is 50.7 Å². The second-order valence-electron chi connectivity index (χ2n) is 6.73. The summed E-state index contributed by atoms with van der Waals surface area (Å²) in [5, 5.41) is 0.528. The maximum atomic E-state index is 6.39. The molecule has 7 heteroatoms. The van der Waals surface area contributed by atoms with Crippen molar-refractivity contribution in [3.8, 4) is 0 Å². The molecule has 2 N–H and O–H groups in total. The summed E-state index contributed by atoms with van der Waals surface area (Å²) >= 11 is 9.99. The lowest BCUT2D eigenvalue weighted by Crippen LogP contribution is -2.43. The van der Waals surface area contributed by atoms with Gasteiger partial charge in [-0.15, -0.1) is 0 Å². The molecule has 24 heavy (non-hydrogen) atoms. The highest BCUT2D eigenvalue weighted by Gasteiger charge is 2.45. The van der Waals surface area contributed by atoms with Gasteiger partial charge >= 0.3 is 0 Å². The molecule has 0 unspecified atom stereocenters. The number of nitrogens with zero attached hydrogens (tertiary/aromatic N) is 4. The molecule has 0 bridgehead atoms. The first-order valence-corrected chi connectivity index (χ1v) is 9.20. The molecule has 1 aromatic carbocycles. The van der Waals surface area contributed by atoms with Crippen molar-refractivity contribution in [2.45, 2.75) is 18.3 Å². The number of benzene rings is 1. The van der Waals surface area contributed by atoms with E-state index in [0.717, 1.165) is 42.6 Å². The Bertz CT molecular complexity index is 789. The van der Waals surface area contributed by atoms with Crippen LogP contribution >= 0.6 is 27.5 Å². The molecule has 0 amide bonds. The molecule has 1 spiro atoms. The highest BCUT2D eigenvalue weighted by atomic mass is 79.9. The van der Waals surface area contributed by atoms with Gasteiger partial charge < -0.3 is 15.5 Å². The number of anilines is 3. The summed E-state index contributed by atoms with van der Waals surface area (Å²) in [6.07, 6.45) is 3.84. The number of nitrogen functional groups attached to an aromatic ring is 1. The van der Waals surface area contributed by atoms with E-state index in [1.165, 1.54) is 5.56 Å². The van der Waals surface area contributed by atoms with Gasteiger partial charge in [0.25, 0.3) is 0 Å². The fourth-order valence-corrected chi connectivity index (χ4v) is 4.42. The average Bonchev–Trinajstić information content (AvgIpc) is 2.86. The molecular weight excluding hydrogens is 390 g/mol. The zero-order valence-corrected chi connectivity index (χ0v) is 15.8. The molecule has 5 nitrogen and oxygen atoms in total. The number of fused-ring (bicyclic) bond motifs is 2. The Kier molecular flexibility index (Phi) is 3.94. The third-order valence-corrected chi connectivity index (χ3v) is 5.99. The zero-order chi connectivity index (χ0) is 16.9. The third-order valence-electron chi connectivity index (χ3n) is 5.23. The van der Waals surface area contributed by atoms with Crippen molar-refractivity contribution >= 4 is 45.0 Å². The highest BCUT2D eigenvalue weighted by Crippen LogP contribution is 2.50. The fraction of sp³-hybridized carbons (Fsp3) is 0.412. The lowest BCUT2D eigenvalue weighted by atomic mass is 9.74. The zero-order valence-electron chi connectivity index (χ0n) is 13.5. The predicted molar refractivity (Wildman–Crippen MR) is 101 cm³/mol. The first-order valence-electron chi connectivity index (χ1n) is 8.03. The van der Waals surface area contributed by atoms with E-state index >= 15 is 0 Å². The Balaban J connectivity index is 1.83. The maximum Gasteiger partial charge on any atom is 0.222 e. The average molecular weight is 409 g/mol. The normalized spacial score (nSPS) is 19.7. The van der Waals surface area contributed by atoms with Crippen LogP contribution in [0, 0.1) is 0 Å². The molecule has 0 aliphatic carbocycles. The van der Waals surface area contributed by atoms with Crippen molar-refractivity contribution in [2.75, 3.05) is 37.3 Å². The van der Waals surface area contributed by atoms with Crippen molar-refractivity contribution in [2.24, 2.45) is 0 Å². The molecule has 3 heterocycles. The van der Waals surface area contributed by atoms with E-state index in [0.29, 0.717) is 10.8 Å². The van der Waals surface area contributed by atoms with Crippen LogP contribution in [0.5, 0.6) is 0 Å². The van der Waals surface area contributed by atoms with Gasteiger partial charge in [-0.25, -0.2) is 4.98 Å². The Hall–Kier alpha value is -1.37. The number of aromatic nitrogens is 2. The SMILES string of the molecule is CN1CCC2(CC1)CN(c1nc(N)ncc1Cl)c1cc(Br)ccc12. The highest BCUT2D eigenvalue weighted by molar-refractivity contribution is 9.10. The monoisotopic (exact) mass is 407 g/mol. The minimum Gasteiger partial charge on any atom is -0.368 e. The third kappa shape index (κ3) is 2.57. The van der Waals surface area contributed by atoms with E-state index < -0.39 is 0 Å². The molecule has 4 rings (SSSR count). The van der Waals surface area contributed by atoms with Crippen LogP contribution in [-0.4, -0.2) is 41.5 Å². The van der Waals surface area contributed by atoms with Crippen LogP contribution in [0.25, 0.3) is 0 Å². The largest absolute Gasteiger partial charge is 0.368 e. The van der Waals surface area contributed by atoms with Gasteiger partial charge in [-0.3, -0.25) is 0 Å². The molecule has 1 aromatic heterocycles. The Labute approximate surface area is 155 Å². The van der Waals surface area contributed by atoms with Crippen LogP contribution in [0.4, 0.5) is 17.5 Å². The van der Waals surface area contributed by atoms with Crippen molar-refractivity contribution < 1.29 is 0 Å². The Morgan fingerprint density at radius 3 is 2.79 bits per heavy atom. The second-order valence-corrected chi connectivity index (χ2v) is 8.05. The minimum absolute atomic E-state index is 0.144. The van der Waals surface area contributed by atoms with Gasteiger partial charge in [-0.2, -0.15) is 4.98 Å². The molecule has 0 saturated carbocycles. The van der Waals surface area contributed by atoms with Crippen molar-refractivity contribution in [3.05, 3.63) is 39.5 Å². The number of hydrogen-bond donors (Lipinski definition) is 1. The van der Waals surface area contributed by atoms with Crippen molar-refractivity contribution in [1.82, 2.24) is 14.9 Å². The molecular formula is C17H19BrClN5. The van der Waals surface area contributed by atoms with Gasteiger partial charge in [0.1, 0.15) is 5.02 Å². The van der Waals surface area contributed by atoms with Crippen molar-refractivity contribution in [1.29, 1.82) is 0 Å². The maximum absolute atomic E-state index is 6.39. The number of likely N-dealkylation sites (tertiary alicyclic amines) is 1.